The number of halogens is 1. The fraction of sp³-hybridized carbons (Fsp3) is 0.182. The number of aliphatic hydroxyl groups is 1. The molecule has 1 N–H and O–H groups in total. The average Bonchev–Trinajstić information content (AvgIpc) is 2.70. The molecule has 2 aromatic rings. The van der Waals surface area contributed by atoms with Gasteiger partial charge in [0.25, 0.3) is 0 Å². The Bertz CT molecular complexity index is 496. The highest BCUT2D eigenvalue weighted by Gasteiger charge is 2.17. The maximum absolute atomic E-state index is 9.19. The molecule has 0 saturated carbocycles. The minimum atomic E-state index is -0.226. The summed E-state index contributed by atoms with van der Waals surface area (Å²) in [5.41, 5.74) is 1.71. The molecule has 0 unspecified atom stereocenters. The predicted octanol–water partition coefficient (Wildman–Crippen LogP) is 2.50. The molecule has 1 aromatic carbocycles. The summed E-state index contributed by atoms with van der Waals surface area (Å²) in [5.74, 6) is 0.655. The van der Waals surface area contributed by atoms with Crippen LogP contribution < -0.4 is 4.74 Å². The topological polar surface area (TPSA) is 55.5 Å². The van der Waals surface area contributed by atoms with Crippen LogP contribution in [-0.2, 0) is 6.61 Å². The first kappa shape index (κ1) is 11.0. The average molecular weight is 240 g/mol. The van der Waals surface area contributed by atoms with Gasteiger partial charge in [-0.15, -0.1) is 0 Å². The Hall–Kier alpha value is -1.52. The molecule has 4 nitrogen and oxygen atoms in total. The molecule has 0 amide bonds. The van der Waals surface area contributed by atoms with Crippen molar-refractivity contribution in [1.82, 2.24) is 5.16 Å². The monoisotopic (exact) mass is 239 g/mol. The van der Waals surface area contributed by atoms with Crippen molar-refractivity contribution in [1.29, 1.82) is 0 Å². The number of aromatic nitrogens is 1. The van der Waals surface area contributed by atoms with Crippen LogP contribution in [0, 0.1) is 0 Å². The zero-order chi connectivity index (χ0) is 11.5. The maximum atomic E-state index is 9.19. The first-order valence-corrected chi connectivity index (χ1v) is 5.04. The van der Waals surface area contributed by atoms with Gasteiger partial charge in [-0.25, -0.2) is 0 Å². The van der Waals surface area contributed by atoms with E-state index in [-0.39, 0.29) is 11.8 Å². The van der Waals surface area contributed by atoms with Gasteiger partial charge in [0.1, 0.15) is 11.4 Å². The maximum Gasteiger partial charge on any atom is 0.232 e. The molecule has 0 aliphatic carbocycles. The van der Waals surface area contributed by atoms with Crippen molar-refractivity contribution < 1.29 is 14.4 Å². The van der Waals surface area contributed by atoms with Crippen LogP contribution in [-0.4, -0.2) is 17.4 Å². The van der Waals surface area contributed by atoms with Gasteiger partial charge in [-0.2, -0.15) is 0 Å². The van der Waals surface area contributed by atoms with Crippen LogP contribution in [0.2, 0.25) is 5.22 Å². The number of para-hydroxylation sites is 1. The third-order valence-electron chi connectivity index (χ3n) is 2.26. The van der Waals surface area contributed by atoms with Crippen LogP contribution in [0.25, 0.3) is 11.3 Å². The lowest BCUT2D eigenvalue weighted by Gasteiger charge is -2.05. The van der Waals surface area contributed by atoms with Gasteiger partial charge in [-0.1, -0.05) is 17.3 Å². The van der Waals surface area contributed by atoms with Crippen molar-refractivity contribution in [3.63, 3.8) is 0 Å². The van der Waals surface area contributed by atoms with E-state index in [0.29, 0.717) is 17.0 Å². The Morgan fingerprint density at radius 1 is 1.44 bits per heavy atom. The Labute approximate surface area is 97.4 Å². The molecular formula is C11H10ClNO3. The van der Waals surface area contributed by atoms with Crippen LogP contribution in [0.5, 0.6) is 5.75 Å². The molecule has 0 atom stereocenters. The summed E-state index contributed by atoms with van der Waals surface area (Å²) in [7, 11) is 1.57. The third-order valence-corrected chi connectivity index (χ3v) is 2.56. The first-order valence-electron chi connectivity index (χ1n) is 4.66. The third kappa shape index (κ3) is 1.77. The van der Waals surface area contributed by atoms with Crippen LogP contribution in [0.4, 0.5) is 0 Å². The molecule has 16 heavy (non-hydrogen) atoms. The number of rotatable bonds is 3. The second-order valence-electron chi connectivity index (χ2n) is 3.14. The molecule has 1 heterocycles. The Morgan fingerprint density at radius 3 is 2.88 bits per heavy atom. The molecule has 0 radical (unpaired) electrons. The SMILES string of the molecule is COc1ccccc1-c1noc(Cl)c1CO. The summed E-state index contributed by atoms with van der Waals surface area (Å²) in [6.45, 7) is -0.226. The summed E-state index contributed by atoms with van der Waals surface area (Å²) in [6, 6.07) is 7.33. The van der Waals surface area contributed by atoms with E-state index in [4.69, 9.17) is 20.9 Å². The van der Waals surface area contributed by atoms with E-state index in [1.807, 2.05) is 18.2 Å². The van der Waals surface area contributed by atoms with E-state index in [1.165, 1.54) is 0 Å². The smallest absolute Gasteiger partial charge is 0.232 e. The number of nitrogens with zero attached hydrogens (tertiary/aromatic N) is 1. The van der Waals surface area contributed by atoms with E-state index >= 15 is 0 Å². The summed E-state index contributed by atoms with van der Waals surface area (Å²) in [6.07, 6.45) is 0. The largest absolute Gasteiger partial charge is 0.496 e. The zero-order valence-electron chi connectivity index (χ0n) is 8.61. The van der Waals surface area contributed by atoms with Crippen molar-refractivity contribution in [3.05, 3.63) is 35.0 Å². The molecular weight excluding hydrogens is 230 g/mol. The summed E-state index contributed by atoms with van der Waals surface area (Å²) < 4.78 is 10.0. The standard InChI is InChI=1S/C11H10ClNO3/c1-15-9-5-3-2-4-7(9)10-8(6-14)11(12)16-13-10/h2-5,14H,6H2,1H3. The van der Waals surface area contributed by atoms with Crippen molar-refractivity contribution >= 4 is 11.6 Å². The van der Waals surface area contributed by atoms with Gasteiger partial charge in [0.05, 0.1) is 19.3 Å². The molecule has 1 aromatic heterocycles. The minimum absolute atomic E-state index is 0.100. The lowest BCUT2D eigenvalue weighted by Crippen LogP contribution is -1.91. The van der Waals surface area contributed by atoms with E-state index in [1.54, 1.807) is 13.2 Å². The Kier molecular flexibility index (Phi) is 3.12. The quantitative estimate of drug-likeness (QED) is 0.894. The van der Waals surface area contributed by atoms with Gasteiger partial charge in [-0.05, 0) is 23.7 Å². The molecule has 0 bridgehead atoms. The van der Waals surface area contributed by atoms with Crippen molar-refractivity contribution in [2.45, 2.75) is 6.61 Å². The van der Waals surface area contributed by atoms with Gasteiger partial charge in [-0.3, -0.25) is 0 Å². The second kappa shape index (κ2) is 4.55. The molecule has 2 rings (SSSR count). The van der Waals surface area contributed by atoms with E-state index in [2.05, 4.69) is 5.16 Å². The molecule has 0 fully saturated rings. The molecule has 84 valence electrons. The van der Waals surface area contributed by atoms with E-state index in [0.717, 1.165) is 5.56 Å². The van der Waals surface area contributed by atoms with Gasteiger partial charge < -0.3 is 14.4 Å². The first-order chi connectivity index (χ1) is 7.77. The van der Waals surface area contributed by atoms with Crippen LogP contribution in [0.3, 0.4) is 0 Å². The van der Waals surface area contributed by atoms with E-state index < -0.39 is 0 Å². The van der Waals surface area contributed by atoms with Gasteiger partial charge in [0, 0.05) is 5.56 Å². The lowest BCUT2D eigenvalue weighted by atomic mass is 10.1. The molecule has 0 spiro atoms. The molecule has 5 heteroatoms. The fourth-order valence-electron chi connectivity index (χ4n) is 1.48. The van der Waals surface area contributed by atoms with Crippen LogP contribution in [0.1, 0.15) is 5.56 Å². The number of hydrogen-bond donors (Lipinski definition) is 1. The number of ether oxygens (including phenoxy) is 1. The van der Waals surface area contributed by atoms with Crippen molar-refractivity contribution in [3.8, 4) is 17.0 Å². The fourth-order valence-corrected chi connectivity index (χ4v) is 1.66. The van der Waals surface area contributed by atoms with Gasteiger partial charge >= 0.3 is 0 Å². The van der Waals surface area contributed by atoms with Gasteiger partial charge in [0.15, 0.2) is 0 Å². The van der Waals surface area contributed by atoms with E-state index in [9.17, 15) is 5.11 Å². The summed E-state index contributed by atoms with van der Waals surface area (Å²) in [4.78, 5) is 0. The molecule has 0 saturated heterocycles. The second-order valence-corrected chi connectivity index (χ2v) is 3.49. The zero-order valence-corrected chi connectivity index (χ0v) is 9.36. The summed E-state index contributed by atoms with van der Waals surface area (Å²) in [5, 5.41) is 13.1. The number of benzene rings is 1. The highest BCUT2D eigenvalue weighted by Crippen LogP contribution is 2.34. The normalized spacial score (nSPS) is 10.4. The lowest BCUT2D eigenvalue weighted by molar-refractivity contribution is 0.281. The van der Waals surface area contributed by atoms with Crippen molar-refractivity contribution in [2.24, 2.45) is 0 Å². The Morgan fingerprint density at radius 2 is 2.19 bits per heavy atom. The number of aliphatic hydroxyl groups excluding tert-OH is 1. The highest BCUT2D eigenvalue weighted by molar-refractivity contribution is 6.29. The summed E-state index contributed by atoms with van der Waals surface area (Å²) >= 11 is 5.76. The highest BCUT2D eigenvalue weighted by atomic mass is 35.5. The molecule has 0 aliphatic rings. The van der Waals surface area contributed by atoms with Crippen LogP contribution in [0.15, 0.2) is 28.8 Å². The van der Waals surface area contributed by atoms with Gasteiger partial charge in [0.2, 0.25) is 5.22 Å². The molecule has 0 aliphatic heterocycles. The number of hydrogen-bond acceptors (Lipinski definition) is 4. The Balaban J connectivity index is 2.58. The number of methoxy groups -OCH3 is 1. The predicted molar refractivity (Wildman–Crippen MR) is 59.4 cm³/mol. The minimum Gasteiger partial charge on any atom is -0.496 e. The van der Waals surface area contributed by atoms with Crippen LogP contribution >= 0.6 is 11.6 Å². The van der Waals surface area contributed by atoms with Crippen molar-refractivity contribution in [2.75, 3.05) is 7.11 Å².